The van der Waals surface area contributed by atoms with E-state index in [-0.39, 0.29) is 24.9 Å². The maximum atomic E-state index is 12.6. The van der Waals surface area contributed by atoms with Crippen molar-refractivity contribution in [2.75, 3.05) is 64.8 Å². The molecule has 142 valence electrons. The quantitative estimate of drug-likeness (QED) is 0.724. The van der Waals surface area contributed by atoms with Crippen LogP contribution in [-0.2, 0) is 14.4 Å². The van der Waals surface area contributed by atoms with Crippen molar-refractivity contribution in [3.8, 4) is 0 Å². The Hall–Kier alpha value is -2.61. The van der Waals surface area contributed by atoms with Crippen LogP contribution in [0.4, 0.5) is 5.69 Å². The van der Waals surface area contributed by atoms with Gasteiger partial charge in [0.15, 0.2) is 0 Å². The number of carbonyl (C=O) groups excluding carboxylic acids is 2. The molecule has 1 aromatic carbocycles. The fourth-order valence-corrected chi connectivity index (χ4v) is 2.79. The minimum absolute atomic E-state index is 0.0208. The zero-order valence-corrected chi connectivity index (χ0v) is 15.3. The average molecular weight is 362 g/mol. The van der Waals surface area contributed by atoms with E-state index in [1.54, 1.807) is 40.9 Å². The van der Waals surface area contributed by atoms with Crippen LogP contribution in [0.2, 0.25) is 0 Å². The fraction of sp³-hybridized carbons (Fsp3) is 0.500. The summed E-state index contributed by atoms with van der Waals surface area (Å²) in [4.78, 5) is 42.4. The van der Waals surface area contributed by atoms with Crippen LogP contribution in [0.15, 0.2) is 30.3 Å². The SMILES string of the molecule is CN(C)C(=O)CN1CCN(C(=O)CN(CC(=O)O)c2ccccc2)CC1. The second-order valence-electron chi connectivity index (χ2n) is 6.53. The molecule has 8 nitrogen and oxygen atoms in total. The third-order valence-corrected chi connectivity index (χ3v) is 4.36. The molecule has 1 aliphatic heterocycles. The maximum absolute atomic E-state index is 12.6. The zero-order valence-electron chi connectivity index (χ0n) is 15.3. The van der Waals surface area contributed by atoms with Crippen LogP contribution >= 0.6 is 0 Å². The van der Waals surface area contributed by atoms with Crippen molar-refractivity contribution >= 4 is 23.5 Å². The Morgan fingerprint density at radius 3 is 2.15 bits per heavy atom. The summed E-state index contributed by atoms with van der Waals surface area (Å²) in [5.74, 6) is -1.04. The number of piperazine rings is 1. The molecule has 1 N–H and O–H groups in total. The predicted molar refractivity (Wildman–Crippen MR) is 98.0 cm³/mol. The van der Waals surface area contributed by atoms with E-state index in [1.807, 2.05) is 23.1 Å². The third-order valence-electron chi connectivity index (χ3n) is 4.36. The lowest BCUT2D eigenvalue weighted by Crippen LogP contribution is -2.53. The Morgan fingerprint density at radius 2 is 1.62 bits per heavy atom. The monoisotopic (exact) mass is 362 g/mol. The highest BCUT2D eigenvalue weighted by Crippen LogP contribution is 2.13. The first-order valence-corrected chi connectivity index (χ1v) is 8.59. The fourth-order valence-electron chi connectivity index (χ4n) is 2.79. The largest absolute Gasteiger partial charge is 0.480 e. The molecule has 8 heteroatoms. The van der Waals surface area contributed by atoms with E-state index >= 15 is 0 Å². The number of likely N-dealkylation sites (N-methyl/N-ethyl adjacent to an activating group) is 1. The summed E-state index contributed by atoms with van der Waals surface area (Å²) in [7, 11) is 3.45. The van der Waals surface area contributed by atoms with Crippen molar-refractivity contribution in [1.82, 2.24) is 14.7 Å². The van der Waals surface area contributed by atoms with E-state index in [1.165, 1.54) is 0 Å². The highest BCUT2D eigenvalue weighted by molar-refractivity contribution is 5.84. The molecule has 0 aliphatic carbocycles. The number of nitrogens with zero attached hydrogens (tertiary/aromatic N) is 4. The number of anilines is 1. The van der Waals surface area contributed by atoms with Crippen LogP contribution in [0.3, 0.4) is 0 Å². The first kappa shape index (κ1) is 19.7. The number of carbonyl (C=O) groups is 3. The highest BCUT2D eigenvalue weighted by Gasteiger charge is 2.24. The lowest BCUT2D eigenvalue weighted by atomic mass is 10.2. The Labute approximate surface area is 153 Å². The van der Waals surface area contributed by atoms with E-state index in [0.29, 0.717) is 38.4 Å². The molecule has 0 atom stereocenters. The summed E-state index contributed by atoms with van der Waals surface area (Å²) in [5, 5.41) is 9.12. The summed E-state index contributed by atoms with van der Waals surface area (Å²) < 4.78 is 0. The molecule has 1 aromatic rings. The first-order chi connectivity index (χ1) is 12.4. The summed E-state index contributed by atoms with van der Waals surface area (Å²) in [6.45, 7) is 2.49. The Balaban J connectivity index is 1.90. The molecule has 2 amide bonds. The van der Waals surface area contributed by atoms with E-state index in [4.69, 9.17) is 5.11 Å². The van der Waals surface area contributed by atoms with Gasteiger partial charge in [-0.1, -0.05) is 18.2 Å². The molecular formula is C18H26N4O4. The third kappa shape index (κ3) is 5.73. The molecule has 1 saturated heterocycles. The molecule has 1 fully saturated rings. The second kappa shape index (κ2) is 9.19. The number of hydrogen-bond donors (Lipinski definition) is 1. The van der Waals surface area contributed by atoms with Gasteiger partial charge in [-0.15, -0.1) is 0 Å². The molecule has 0 aromatic heterocycles. The molecule has 1 aliphatic rings. The van der Waals surface area contributed by atoms with Crippen LogP contribution in [0.1, 0.15) is 0 Å². The number of carboxylic acid groups (broad SMARTS) is 1. The number of aliphatic carboxylic acids is 1. The average Bonchev–Trinajstić information content (AvgIpc) is 2.62. The van der Waals surface area contributed by atoms with Crippen molar-refractivity contribution in [2.24, 2.45) is 0 Å². The van der Waals surface area contributed by atoms with Crippen LogP contribution in [0.25, 0.3) is 0 Å². The molecule has 0 radical (unpaired) electrons. The van der Waals surface area contributed by atoms with Gasteiger partial charge in [-0.3, -0.25) is 19.3 Å². The minimum atomic E-state index is -0.978. The Bertz CT molecular complexity index is 627. The van der Waals surface area contributed by atoms with E-state index in [0.717, 1.165) is 0 Å². The summed E-state index contributed by atoms with van der Waals surface area (Å²) in [5.41, 5.74) is 0.707. The molecule has 2 rings (SSSR count). The maximum Gasteiger partial charge on any atom is 0.323 e. The molecule has 0 spiro atoms. The molecule has 26 heavy (non-hydrogen) atoms. The Morgan fingerprint density at radius 1 is 1.00 bits per heavy atom. The van der Waals surface area contributed by atoms with Gasteiger partial charge in [0.25, 0.3) is 0 Å². The van der Waals surface area contributed by atoms with Gasteiger partial charge in [0.2, 0.25) is 11.8 Å². The van der Waals surface area contributed by atoms with Gasteiger partial charge in [0.05, 0.1) is 13.1 Å². The van der Waals surface area contributed by atoms with Crippen molar-refractivity contribution in [3.63, 3.8) is 0 Å². The number of para-hydroxylation sites is 1. The van der Waals surface area contributed by atoms with Crippen molar-refractivity contribution in [2.45, 2.75) is 0 Å². The number of amides is 2. The van der Waals surface area contributed by atoms with Crippen LogP contribution in [0.5, 0.6) is 0 Å². The van der Waals surface area contributed by atoms with E-state index in [9.17, 15) is 14.4 Å². The first-order valence-electron chi connectivity index (χ1n) is 8.59. The van der Waals surface area contributed by atoms with Crippen LogP contribution < -0.4 is 4.90 Å². The molecule has 0 saturated carbocycles. The topological polar surface area (TPSA) is 84.4 Å². The predicted octanol–water partition coefficient (Wildman–Crippen LogP) is -0.190. The van der Waals surface area contributed by atoms with Gasteiger partial charge in [0, 0.05) is 46.0 Å². The lowest BCUT2D eigenvalue weighted by Gasteiger charge is -2.36. The summed E-state index contributed by atoms with van der Waals surface area (Å²) in [6, 6.07) is 9.06. The number of carboxylic acids is 1. The molecular weight excluding hydrogens is 336 g/mol. The van der Waals surface area contributed by atoms with Crippen molar-refractivity contribution in [3.05, 3.63) is 30.3 Å². The van der Waals surface area contributed by atoms with Crippen molar-refractivity contribution in [1.29, 1.82) is 0 Å². The molecule has 0 bridgehead atoms. The number of benzene rings is 1. The zero-order chi connectivity index (χ0) is 19.1. The van der Waals surface area contributed by atoms with Gasteiger partial charge >= 0.3 is 5.97 Å². The normalized spacial score (nSPS) is 14.8. The van der Waals surface area contributed by atoms with Crippen LogP contribution in [-0.4, -0.2) is 97.5 Å². The van der Waals surface area contributed by atoms with Gasteiger partial charge in [0.1, 0.15) is 6.54 Å². The molecule has 0 unspecified atom stereocenters. The summed E-state index contributed by atoms with van der Waals surface area (Å²) >= 11 is 0. The second-order valence-corrected chi connectivity index (χ2v) is 6.53. The standard InChI is InChI=1S/C18H26N4O4/c1-19(2)16(23)12-20-8-10-21(11-9-20)17(24)13-22(14-18(25)26)15-6-4-3-5-7-15/h3-7H,8-14H2,1-2H3,(H,25,26). The number of hydrogen-bond acceptors (Lipinski definition) is 5. The minimum Gasteiger partial charge on any atom is -0.480 e. The van der Waals surface area contributed by atoms with Gasteiger partial charge < -0.3 is 19.8 Å². The van der Waals surface area contributed by atoms with Gasteiger partial charge in [-0.25, -0.2) is 0 Å². The lowest BCUT2D eigenvalue weighted by molar-refractivity contribution is -0.135. The summed E-state index contributed by atoms with van der Waals surface area (Å²) in [6.07, 6.45) is 0. The van der Waals surface area contributed by atoms with Gasteiger partial charge in [-0.2, -0.15) is 0 Å². The highest BCUT2D eigenvalue weighted by atomic mass is 16.4. The number of rotatable bonds is 7. The van der Waals surface area contributed by atoms with Crippen molar-refractivity contribution < 1.29 is 19.5 Å². The van der Waals surface area contributed by atoms with Crippen LogP contribution in [0, 0.1) is 0 Å². The smallest absolute Gasteiger partial charge is 0.323 e. The Kier molecular flexibility index (Phi) is 6.97. The van der Waals surface area contributed by atoms with E-state index < -0.39 is 5.97 Å². The molecule has 1 heterocycles. The van der Waals surface area contributed by atoms with Gasteiger partial charge in [-0.05, 0) is 12.1 Å². The van der Waals surface area contributed by atoms with E-state index in [2.05, 4.69) is 0 Å².